The summed E-state index contributed by atoms with van der Waals surface area (Å²) in [5.74, 6) is 2.08. The van der Waals surface area contributed by atoms with Crippen molar-refractivity contribution in [1.29, 1.82) is 0 Å². The first-order chi connectivity index (χ1) is 12.0. The lowest BCUT2D eigenvalue weighted by atomic mass is 9.87. The lowest BCUT2D eigenvalue weighted by Crippen LogP contribution is -2.38. The van der Waals surface area contributed by atoms with Gasteiger partial charge in [0.15, 0.2) is 11.0 Å². The van der Waals surface area contributed by atoms with E-state index < -0.39 is 0 Å². The van der Waals surface area contributed by atoms with Crippen LogP contribution in [-0.2, 0) is 11.8 Å². The van der Waals surface area contributed by atoms with Gasteiger partial charge in [-0.15, -0.1) is 10.2 Å². The number of hydrogen-bond donors (Lipinski definition) is 1. The van der Waals surface area contributed by atoms with Crippen LogP contribution in [0.25, 0.3) is 11.4 Å². The number of nitrogens with zero attached hydrogens (tertiary/aromatic N) is 3. The van der Waals surface area contributed by atoms with Gasteiger partial charge in [-0.05, 0) is 38.5 Å². The summed E-state index contributed by atoms with van der Waals surface area (Å²) in [5, 5.41) is 12.4. The first-order valence-corrected chi connectivity index (χ1v) is 9.90. The number of amides is 1. The number of carbonyl (C=O) groups excluding carboxylic acids is 1. The molecule has 0 unspecified atom stereocenters. The zero-order valence-electron chi connectivity index (χ0n) is 15.2. The van der Waals surface area contributed by atoms with Gasteiger partial charge < -0.3 is 9.88 Å². The molecule has 0 aliphatic heterocycles. The van der Waals surface area contributed by atoms with E-state index in [9.17, 15) is 4.79 Å². The molecule has 1 saturated carbocycles. The van der Waals surface area contributed by atoms with E-state index >= 15 is 0 Å². The number of nitrogens with one attached hydrogen (secondary N) is 1. The van der Waals surface area contributed by atoms with Crippen molar-refractivity contribution in [2.24, 2.45) is 13.0 Å². The molecule has 1 aliphatic carbocycles. The highest BCUT2D eigenvalue weighted by Gasteiger charge is 2.20. The van der Waals surface area contributed by atoms with Crippen molar-refractivity contribution in [1.82, 2.24) is 20.1 Å². The van der Waals surface area contributed by atoms with Crippen LogP contribution in [0.1, 0.15) is 38.2 Å². The highest BCUT2D eigenvalue weighted by atomic mass is 32.2. The van der Waals surface area contributed by atoms with Gasteiger partial charge in [0, 0.05) is 18.7 Å². The van der Waals surface area contributed by atoms with E-state index in [1.807, 2.05) is 23.7 Å². The summed E-state index contributed by atoms with van der Waals surface area (Å²) in [5.41, 5.74) is 2.25. The Kier molecular flexibility index (Phi) is 5.78. The van der Waals surface area contributed by atoms with Gasteiger partial charge in [-0.25, -0.2) is 0 Å². The lowest BCUT2D eigenvalue weighted by molar-refractivity contribution is -0.119. The van der Waals surface area contributed by atoms with Gasteiger partial charge >= 0.3 is 0 Å². The molecule has 5 nitrogen and oxygen atoms in total. The molecule has 3 rings (SSSR count). The Balaban J connectivity index is 1.55. The van der Waals surface area contributed by atoms with Crippen LogP contribution in [-0.4, -0.2) is 32.5 Å². The van der Waals surface area contributed by atoms with Crippen LogP contribution in [0.4, 0.5) is 0 Å². The quantitative estimate of drug-likeness (QED) is 0.830. The number of carbonyl (C=O) groups is 1. The van der Waals surface area contributed by atoms with Crippen molar-refractivity contribution < 1.29 is 4.79 Å². The summed E-state index contributed by atoms with van der Waals surface area (Å²) < 4.78 is 1.95. The summed E-state index contributed by atoms with van der Waals surface area (Å²) in [6, 6.07) is 8.56. The summed E-state index contributed by atoms with van der Waals surface area (Å²) in [4.78, 5) is 12.2. The van der Waals surface area contributed by atoms with E-state index in [1.165, 1.54) is 30.2 Å². The molecule has 0 bridgehead atoms. The van der Waals surface area contributed by atoms with Crippen molar-refractivity contribution in [3.8, 4) is 11.4 Å². The lowest BCUT2D eigenvalue weighted by Gasteiger charge is -2.26. The van der Waals surface area contributed by atoms with E-state index in [0.717, 1.165) is 35.3 Å². The van der Waals surface area contributed by atoms with Crippen molar-refractivity contribution in [3.05, 3.63) is 29.8 Å². The maximum absolute atomic E-state index is 12.2. The average molecular weight is 359 g/mol. The minimum absolute atomic E-state index is 0.0874. The molecule has 0 saturated heterocycles. The second-order valence-corrected chi connectivity index (χ2v) is 7.99. The van der Waals surface area contributed by atoms with Gasteiger partial charge in [0.05, 0.1) is 5.75 Å². The predicted octanol–water partition coefficient (Wildman–Crippen LogP) is 3.58. The predicted molar refractivity (Wildman–Crippen MR) is 101 cm³/mol. The number of thioether (sulfide) groups is 1. The number of aryl methyl sites for hydroxylation is 1. The van der Waals surface area contributed by atoms with Gasteiger partial charge in [-0.1, -0.05) is 48.5 Å². The van der Waals surface area contributed by atoms with Crippen LogP contribution in [0.3, 0.4) is 0 Å². The first kappa shape index (κ1) is 18.0. The average Bonchev–Trinajstić information content (AvgIpc) is 2.97. The number of benzene rings is 1. The summed E-state index contributed by atoms with van der Waals surface area (Å²) in [6.45, 7) is 4.35. The van der Waals surface area contributed by atoms with E-state index in [0.29, 0.717) is 11.8 Å². The molecule has 0 spiro atoms. The number of rotatable bonds is 5. The van der Waals surface area contributed by atoms with Crippen LogP contribution in [0.5, 0.6) is 0 Å². The fourth-order valence-corrected chi connectivity index (χ4v) is 3.92. The van der Waals surface area contributed by atoms with Crippen molar-refractivity contribution in [2.75, 3.05) is 5.75 Å². The van der Waals surface area contributed by atoms with Crippen LogP contribution in [0.15, 0.2) is 29.4 Å². The third-order valence-electron chi connectivity index (χ3n) is 4.86. The number of hydrogen-bond acceptors (Lipinski definition) is 4. The minimum atomic E-state index is 0.0874. The Hall–Kier alpha value is -1.82. The summed E-state index contributed by atoms with van der Waals surface area (Å²) >= 11 is 1.44. The Bertz CT molecular complexity index is 718. The fraction of sp³-hybridized carbons (Fsp3) is 0.526. The Labute approximate surface area is 153 Å². The largest absolute Gasteiger partial charge is 0.353 e. The number of aromatic nitrogens is 3. The molecule has 1 aromatic carbocycles. The van der Waals surface area contributed by atoms with Crippen LogP contribution < -0.4 is 5.32 Å². The van der Waals surface area contributed by atoms with E-state index in [2.05, 4.69) is 41.5 Å². The highest BCUT2D eigenvalue weighted by Crippen LogP contribution is 2.25. The molecule has 134 valence electrons. The fourth-order valence-electron chi connectivity index (χ4n) is 3.20. The van der Waals surface area contributed by atoms with E-state index in [-0.39, 0.29) is 5.91 Å². The second kappa shape index (κ2) is 8.04. The molecular weight excluding hydrogens is 332 g/mol. The normalized spacial score (nSPS) is 20.4. The Morgan fingerprint density at radius 3 is 2.56 bits per heavy atom. The molecule has 25 heavy (non-hydrogen) atoms. The monoisotopic (exact) mass is 358 g/mol. The minimum Gasteiger partial charge on any atom is -0.353 e. The standard InChI is InChI=1S/C19H26N4OS/c1-13-4-8-15(9-5-13)18-21-22-19(23(18)3)25-12-17(24)20-16-10-6-14(2)7-11-16/h4-5,8-9,14,16H,6-7,10-12H2,1-3H3,(H,20,24). The van der Waals surface area contributed by atoms with Crippen LogP contribution in [0, 0.1) is 12.8 Å². The van der Waals surface area contributed by atoms with Gasteiger partial charge in [-0.2, -0.15) is 0 Å². The van der Waals surface area contributed by atoms with Crippen molar-refractivity contribution >= 4 is 17.7 Å². The van der Waals surface area contributed by atoms with Crippen molar-refractivity contribution in [2.45, 2.75) is 50.7 Å². The molecule has 0 atom stereocenters. The molecule has 6 heteroatoms. The topological polar surface area (TPSA) is 59.8 Å². The van der Waals surface area contributed by atoms with Gasteiger partial charge in [0.2, 0.25) is 5.91 Å². The summed E-state index contributed by atoms with van der Waals surface area (Å²) in [6.07, 6.45) is 4.61. The van der Waals surface area contributed by atoms with Gasteiger partial charge in [0.25, 0.3) is 0 Å². The Morgan fingerprint density at radius 1 is 1.20 bits per heavy atom. The molecule has 1 heterocycles. The molecule has 1 fully saturated rings. The molecule has 0 radical (unpaired) electrons. The Morgan fingerprint density at radius 2 is 1.88 bits per heavy atom. The maximum atomic E-state index is 12.2. The zero-order valence-corrected chi connectivity index (χ0v) is 16.0. The van der Waals surface area contributed by atoms with Gasteiger partial charge in [-0.3, -0.25) is 4.79 Å². The molecule has 2 aromatic rings. The molecular formula is C19H26N4OS. The molecule has 1 amide bonds. The zero-order chi connectivity index (χ0) is 17.8. The molecule has 1 N–H and O–H groups in total. The maximum Gasteiger partial charge on any atom is 0.230 e. The van der Waals surface area contributed by atoms with E-state index in [1.54, 1.807) is 0 Å². The SMILES string of the molecule is Cc1ccc(-c2nnc(SCC(=O)NC3CCC(C)CC3)n2C)cc1. The van der Waals surface area contributed by atoms with E-state index in [4.69, 9.17) is 0 Å². The second-order valence-electron chi connectivity index (χ2n) is 7.04. The third kappa shape index (κ3) is 4.63. The van der Waals surface area contributed by atoms with Crippen LogP contribution in [0.2, 0.25) is 0 Å². The first-order valence-electron chi connectivity index (χ1n) is 8.91. The molecule has 1 aromatic heterocycles. The van der Waals surface area contributed by atoms with Gasteiger partial charge in [0.1, 0.15) is 0 Å². The highest BCUT2D eigenvalue weighted by molar-refractivity contribution is 7.99. The van der Waals surface area contributed by atoms with Crippen LogP contribution >= 0.6 is 11.8 Å². The summed E-state index contributed by atoms with van der Waals surface area (Å²) in [7, 11) is 1.94. The van der Waals surface area contributed by atoms with Crippen molar-refractivity contribution in [3.63, 3.8) is 0 Å². The molecule has 1 aliphatic rings. The third-order valence-corrected chi connectivity index (χ3v) is 5.88. The smallest absolute Gasteiger partial charge is 0.230 e.